The average molecular weight is 301 g/mol. The van der Waals surface area contributed by atoms with E-state index >= 15 is 0 Å². The van der Waals surface area contributed by atoms with Crippen LogP contribution in [-0.4, -0.2) is 21.3 Å². The second-order valence-electron chi connectivity index (χ2n) is 4.91. The molecule has 2 aromatic heterocycles. The van der Waals surface area contributed by atoms with Crippen molar-refractivity contribution < 1.29 is 0 Å². The molecular formula is C16H17ClN4. The number of nitrogens with one attached hydrogen (secondary N) is 1. The van der Waals surface area contributed by atoms with E-state index in [1.807, 2.05) is 30.1 Å². The van der Waals surface area contributed by atoms with Gasteiger partial charge in [0.2, 0.25) is 0 Å². The predicted octanol–water partition coefficient (Wildman–Crippen LogP) is 3.32. The summed E-state index contributed by atoms with van der Waals surface area (Å²) in [6, 6.07) is 10.2. The number of fused-ring (bicyclic) bond motifs is 1. The standard InChI is InChI=1S/C16H17ClN4/c1-3-18-15(16-13(17)10-20-21(16)2)12-8-4-6-11-7-5-9-19-14(11)12/h4-10,15,18H,3H2,1-2H3. The quantitative estimate of drug-likeness (QED) is 0.804. The SMILES string of the molecule is CCNC(c1cccc2cccnc12)c1c(Cl)cnn1C. The van der Waals surface area contributed by atoms with Crippen molar-refractivity contribution in [3.8, 4) is 0 Å². The Labute approximate surface area is 128 Å². The predicted molar refractivity (Wildman–Crippen MR) is 85.5 cm³/mol. The summed E-state index contributed by atoms with van der Waals surface area (Å²) >= 11 is 6.33. The van der Waals surface area contributed by atoms with Crippen LogP contribution < -0.4 is 5.32 Å². The minimum Gasteiger partial charge on any atom is -0.305 e. The van der Waals surface area contributed by atoms with E-state index < -0.39 is 0 Å². The van der Waals surface area contributed by atoms with Gasteiger partial charge in [-0.2, -0.15) is 5.10 Å². The van der Waals surface area contributed by atoms with Gasteiger partial charge >= 0.3 is 0 Å². The number of nitrogens with zero attached hydrogens (tertiary/aromatic N) is 3. The molecule has 0 fully saturated rings. The topological polar surface area (TPSA) is 42.7 Å². The summed E-state index contributed by atoms with van der Waals surface area (Å²) in [7, 11) is 1.91. The van der Waals surface area contributed by atoms with Gasteiger partial charge in [0.15, 0.2) is 0 Å². The number of halogens is 1. The molecule has 5 heteroatoms. The first-order valence-electron chi connectivity index (χ1n) is 6.96. The number of aryl methyl sites for hydroxylation is 1. The van der Waals surface area contributed by atoms with E-state index in [-0.39, 0.29) is 6.04 Å². The molecule has 1 aromatic carbocycles. The number of para-hydroxylation sites is 1. The molecule has 4 nitrogen and oxygen atoms in total. The Morgan fingerprint density at radius 1 is 1.29 bits per heavy atom. The van der Waals surface area contributed by atoms with E-state index in [1.165, 1.54) is 0 Å². The fourth-order valence-corrected chi connectivity index (χ4v) is 2.94. The Kier molecular flexibility index (Phi) is 3.90. The third kappa shape index (κ3) is 2.52. The summed E-state index contributed by atoms with van der Waals surface area (Å²) < 4.78 is 1.82. The lowest BCUT2D eigenvalue weighted by Crippen LogP contribution is -2.25. The number of benzene rings is 1. The third-order valence-corrected chi connectivity index (χ3v) is 3.89. The van der Waals surface area contributed by atoms with Crippen LogP contribution in [0.15, 0.2) is 42.7 Å². The van der Waals surface area contributed by atoms with Gasteiger partial charge in [-0.1, -0.05) is 42.8 Å². The maximum Gasteiger partial charge on any atom is 0.0837 e. The first-order valence-corrected chi connectivity index (χ1v) is 7.34. The molecule has 108 valence electrons. The molecule has 0 radical (unpaired) electrons. The van der Waals surface area contributed by atoms with E-state index in [0.29, 0.717) is 5.02 Å². The van der Waals surface area contributed by atoms with E-state index in [9.17, 15) is 0 Å². The highest BCUT2D eigenvalue weighted by molar-refractivity contribution is 6.31. The fraction of sp³-hybridized carbons (Fsp3) is 0.250. The molecule has 0 amide bonds. The largest absolute Gasteiger partial charge is 0.305 e. The van der Waals surface area contributed by atoms with Crippen molar-refractivity contribution in [1.82, 2.24) is 20.1 Å². The van der Waals surface area contributed by atoms with Crippen LogP contribution in [-0.2, 0) is 7.05 Å². The van der Waals surface area contributed by atoms with Gasteiger partial charge in [-0.15, -0.1) is 0 Å². The van der Waals surface area contributed by atoms with Crippen molar-refractivity contribution in [2.75, 3.05) is 6.54 Å². The molecule has 0 saturated carbocycles. The highest BCUT2D eigenvalue weighted by Gasteiger charge is 2.22. The molecule has 1 N–H and O–H groups in total. The van der Waals surface area contributed by atoms with Crippen molar-refractivity contribution in [3.05, 3.63) is 59.0 Å². The van der Waals surface area contributed by atoms with Crippen LogP contribution >= 0.6 is 11.6 Å². The van der Waals surface area contributed by atoms with Gasteiger partial charge in [0.05, 0.1) is 28.5 Å². The van der Waals surface area contributed by atoms with Crippen LogP contribution in [0.4, 0.5) is 0 Å². The summed E-state index contributed by atoms with van der Waals surface area (Å²) in [6.07, 6.45) is 3.50. The molecule has 0 aliphatic heterocycles. The summed E-state index contributed by atoms with van der Waals surface area (Å²) in [5.41, 5.74) is 3.06. The molecule has 0 bridgehead atoms. The maximum atomic E-state index is 6.33. The molecule has 0 aliphatic rings. The number of rotatable bonds is 4. The van der Waals surface area contributed by atoms with Gasteiger partial charge in [-0.3, -0.25) is 9.67 Å². The summed E-state index contributed by atoms with van der Waals surface area (Å²) in [6.45, 7) is 2.91. The van der Waals surface area contributed by atoms with Gasteiger partial charge in [0, 0.05) is 24.2 Å². The van der Waals surface area contributed by atoms with Gasteiger partial charge in [0.25, 0.3) is 0 Å². The second-order valence-corrected chi connectivity index (χ2v) is 5.32. The van der Waals surface area contributed by atoms with E-state index in [4.69, 9.17) is 11.6 Å². The summed E-state index contributed by atoms with van der Waals surface area (Å²) in [5.74, 6) is 0. The second kappa shape index (κ2) is 5.84. The highest BCUT2D eigenvalue weighted by atomic mass is 35.5. The summed E-state index contributed by atoms with van der Waals surface area (Å²) in [4.78, 5) is 4.54. The molecular weight excluding hydrogens is 284 g/mol. The Hall–Kier alpha value is -1.91. The number of hydrogen-bond acceptors (Lipinski definition) is 3. The van der Waals surface area contributed by atoms with Gasteiger partial charge in [0.1, 0.15) is 0 Å². The molecule has 0 aliphatic carbocycles. The zero-order chi connectivity index (χ0) is 14.8. The molecule has 0 spiro atoms. The minimum absolute atomic E-state index is 0.0337. The first kappa shape index (κ1) is 14.0. The van der Waals surface area contributed by atoms with Gasteiger partial charge in [-0.25, -0.2) is 0 Å². The molecule has 1 atom stereocenters. The highest BCUT2D eigenvalue weighted by Crippen LogP contribution is 2.31. The van der Waals surface area contributed by atoms with E-state index in [0.717, 1.165) is 28.7 Å². The van der Waals surface area contributed by atoms with Crippen LogP contribution in [0.5, 0.6) is 0 Å². The Morgan fingerprint density at radius 3 is 2.81 bits per heavy atom. The zero-order valence-electron chi connectivity index (χ0n) is 12.0. The smallest absolute Gasteiger partial charge is 0.0837 e. The zero-order valence-corrected chi connectivity index (χ0v) is 12.8. The minimum atomic E-state index is -0.0337. The van der Waals surface area contributed by atoms with Crippen molar-refractivity contribution in [3.63, 3.8) is 0 Å². The van der Waals surface area contributed by atoms with Crippen molar-refractivity contribution in [2.24, 2.45) is 7.05 Å². The van der Waals surface area contributed by atoms with Crippen molar-refractivity contribution in [1.29, 1.82) is 0 Å². The van der Waals surface area contributed by atoms with Crippen molar-refractivity contribution in [2.45, 2.75) is 13.0 Å². The molecule has 3 rings (SSSR count). The lowest BCUT2D eigenvalue weighted by Gasteiger charge is -2.20. The van der Waals surface area contributed by atoms with Gasteiger partial charge < -0.3 is 5.32 Å². The lowest BCUT2D eigenvalue weighted by molar-refractivity contribution is 0.575. The molecule has 3 aromatic rings. The number of aromatic nitrogens is 3. The average Bonchev–Trinajstić information content (AvgIpc) is 2.84. The van der Waals surface area contributed by atoms with E-state index in [1.54, 1.807) is 6.20 Å². The first-order chi connectivity index (χ1) is 10.2. The monoisotopic (exact) mass is 300 g/mol. The maximum absolute atomic E-state index is 6.33. The molecule has 21 heavy (non-hydrogen) atoms. The Morgan fingerprint density at radius 2 is 2.10 bits per heavy atom. The third-order valence-electron chi connectivity index (χ3n) is 3.59. The van der Waals surface area contributed by atoms with Crippen LogP contribution in [0.25, 0.3) is 10.9 Å². The van der Waals surface area contributed by atoms with Crippen LogP contribution in [0.1, 0.15) is 24.2 Å². The molecule has 0 saturated heterocycles. The number of hydrogen-bond donors (Lipinski definition) is 1. The normalized spacial score (nSPS) is 12.7. The Bertz CT molecular complexity index is 741. The van der Waals surface area contributed by atoms with Gasteiger partial charge in [-0.05, 0) is 12.6 Å². The lowest BCUT2D eigenvalue weighted by atomic mass is 10.00. The molecule has 1 unspecified atom stereocenters. The Balaban J connectivity index is 2.21. The number of pyridine rings is 1. The fourth-order valence-electron chi connectivity index (χ4n) is 2.66. The van der Waals surface area contributed by atoms with Crippen LogP contribution in [0.2, 0.25) is 5.02 Å². The molecule has 2 heterocycles. The van der Waals surface area contributed by atoms with E-state index in [2.05, 4.69) is 40.5 Å². The van der Waals surface area contributed by atoms with Crippen LogP contribution in [0.3, 0.4) is 0 Å². The van der Waals surface area contributed by atoms with Crippen molar-refractivity contribution >= 4 is 22.5 Å². The summed E-state index contributed by atoms with van der Waals surface area (Å²) in [5, 5.41) is 9.52. The van der Waals surface area contributed by atoms with Crippen LogP contribution in [0, 0.1) is 0 Å².